The fourth-order valence-corrected chi connectivity index (χ4v) is 3.25. The molecule has 7 nitrogen and oxygen atoms in total. The summed E-state index contributed by atoms with van der Waals surface area (Å²) in [7, 11) is 0. The number of carbonyl (C=O) groups excluding carboxylic acids is 2. The van der Waals surface area contributed by atoms with Crippen LogP contribution < -0.4 is 15.4 Å². The van der Waals surface area contributed by atoms with Gasteiger partial charge in [0.05, 0.1) is 22.5 Å². The van der Waals surface area contributed by atoms with Gasteiger partial charge in [-0.15, -0.1) is 0 Å². The molecule has 0 radical (unpaired) electrons. The third-order valence-corrected chi connectivity index (χ3v) is 5.06. The first-order chi connectivity index (χ1) is 17.1. The number of hydrogen-bond acceptors (Lipinski definition) is 5. The van der Waals surface area contributed by atoms with Crippen molar-refractivity contribution in [3.05, 3.63) is 119 Å². The van der Waals surface area contributed by atoms with E-state index in [-0.39, 0.29) is 11.8 Å². The number of hydrogen-bond donors (Lipinski definition) is 2. The Morgan fingerprint density at radius 1 is 0.571 bits per heavy atom. The Kier molecular flexibility index (Phi) is 6.82. The quantitative estimate of drug-likeness (QED) is 0.383. The number of ether oxygens (including phenoxy) is 1. The van der Waals surface area contributed by atoms with Crippen molar-refractivity contribution < 1.29 is 14.3 Å². The summed E-state index contributed by atoms with van der Waals surface area (Å²) in [6.07, 6.45) is 0. The molecule has 0 fully saturated rings. The maximum absolute atomic E-state index is 12.5. The summed E-state index contributed by atoms with van der Waals surface area (Å²) in [5, 5.41) is 23.8. The molecule has 168 valence electrons. The van der Waals surface area contributed by atoms with Crippen LogP contribution in [0.2, 0.25) is 0 Å². The van der Waals surface area contributed by atoms with Crippen molar-refractivity contribution in [1.82, 2.24) is 0 Å². The van der Waals surface area contributed by atoms with Gasteiger partial charge >= 0.3 is 0 Å². The number of nitrogens with one attached hydrogen (secondary N) is 2. The SMILES string of the molecule is N#Cc1ccccc1NC(=O)c1ccc(Oc2ccc(C(=O)Nc3ccccc3C#N)cc2)cc1. The largest absolute Gasteiger partial charge is 0.457 e. The summed E-state index contributed by atoms with van der Waals surface area (Å²) in [5.74, 6) is 0.346. The molecule has 0 heterocycles. The van der Waals surface area contributed by atoms with E-state index in [2.05, 4.69) is 10.6 Å². The molecule has 0 atom stereocenters. The first-order valence-electron chi connectivity index (χ1n) is 10.6. The van der Waals surface area contributed by atoms with Gasteiger partial charge in [-0.1, -0.05) is 24.3 Å². The normalized spacial score (nSPS) is 9.89. The molecule has 0 bridgehead atoms. The zero-order valence-electron chi connectivity index (χ0n) is 18.4. The van der Waals surface area contributed by atoms with E-state index in [0.717, 1.165) is 0 Å². The average molecular weight is 458 g/mol. The van der Waals surface area contributed by atoms with Gasteiger partial charge < -0.3 is 15.4 Å². The van der Waals surface area contributed by atoms with E-state index >= 15 is 0 Å². The second-order valence-corrected chi connectivity index (χ2v) is 7.37. The highest BCUT2D eigenvalue weighted by Crippen LogP contribution is 2.23. The molecule has 4 aromatic carbocycles. The molecule has 0 saturated carbocycles. The molecule has 0 aliphatic heterocycles. The van der Waals surface area contributed by atoms with Gasteiger partial charge in [0.2, 0.25) is 0 Å². The lowest BCUT2D eigenvalue weighted by Gasteiger charge is -2.10. The zero-order chi connectivity index (χ0) is 24.6. The highest BCUT2D eigenvalue weighted by atomic mass is 16.5. The predicted molar refractivity (Wildman–Crippen MR) is 131 cm³/mol. The second kappa shape index (κ2) is 10.5. The number of amides is 2. The molecule has 2 N–H and O–H groups in total. The van der Waals surface area contributed by atoms with Gasteiger partial charge in [0, 0.05) is 11.1 Å². The number of carbonyl (C=O) groups is 2. The van der Waals surface area contributed by atoms with Crippen LogP contribution in [-0.2, 0) is 0 Å². The van der Waals surface area contributed by atoms with E-state index in [1.807, 2.05) is 12.1 Å². The second-order valence-electron chi connectivity index (χ2n) is 7.37. The van der Waals surface area contributed by atoms with Gasteiger partial charge in [0.1, 0.15) is 23.6 Å². The average Bonchev–Trinajstić information content (AvgIpc) is 2.90. The van der Waals surface area contributed by atoms with Crippen molar-refractivity contribution in [3.63, 3.8) is 0 Å². The lowest BCUT2D eigenvalue weighted by atomic mass is 10.1. The van der Waals surface area contributed by atoms with Crippen molar-refractivity contribution in [1.29, 1.82) is 10.5 Å². The van der Waals surface area contributed by atoms with Crippen LogP contribution in [0.25, 0.3) is 0 Å². The highest BCUT2D eigenvalue weighted by Gasteiger charge is 2.11. The van der Waals surface area contributed by atoms with Crippen molar-refractivity contribution in [3.8, 4) is 23.6 Å². The van der Waals surface area contributed by atoms with Crippen LogP contribution in [0.15, 0.2) is 97.1 Å². The van der Waals surface area contributed by atoms with Gasteiger partial charge in [-0.3, -0.25) is 9.59 Å². The number of anilines is 2. The van der Waals surface area contributed by atoms with Crippen molar-refractivity contribution in [2.45, 2.75) is 0 Å². The number of para-hydroxylation sites is 2. The Bertz CT molecular complexity index is 1350. The van der Waals surface area contributed by atoms with Crippen molar-refractivity contribution in [2.75, 3.05) is 10.6 Å². The maximum Gasteiger partial charge on any atom is 0.255 e. The van der Waals surface area contributed by atoms with Gasteiger partial charge in [-0.2, -0.15) is 10.5 Å². The fourth-order valence-electron chi connectivity index (χ4n) is 3.25. The van der Waals surface area contributed by atoms with Gasteiger partial charge in [0.15, 0.2) is 0 Å². The van der Waals surface area contributed by atoms with Crippen LogP contribution in [0.5, 0.6) is 11.5 Å². The van der Waals surface area contributed by atoms with Crippen LogP contribution >= 0.6 is 0 Å². The molecule has 0 aromatic heterocycles. The molecule has 0 spiro atoms. The molecule has 0 saturated heterocycles. The molecule has 4 rings (SSSR count). The molecule has 0 aliphatic carbocycles. The molecular weight excluding hydrogens is 440 g/mol. The van der Waals surface area contributed by atoms with E-state index in [1.165, 1.54) is 0 Å². The van der Waals surface area contributed by atoms with E-state index in [0.29, 0.717) is 45.1 Å². The molecule has 4 aromatic rings. The Hall–Kier alpha value is -5.40. The van der Waals surface area contributed by atoms with E-state index in [9.17, 15) is 9.59 Å². The smallest absolute Gasteiger partial charge is 0.255 e. The number of nitrogens with zero attached hydrogens (tertiary/aromatic N) is 2. The van der Waals surface area contributed by atoms with Crippen LogP contribution in [0.1, 0.15) is 31.8 Å². The lowest BCUT2D eigenvalue weighted by molar-refractivity contribution is 0.101. The summed E-state index contributed by atoms with van der Waals surface area (Å²) in [6.45, 7) is 0. The van der Waals surface area contributed by atoms with Crippen LogP contribution in [0.4, 0.5) is 11.4 Å². The minimum absolute atomic E-state index is 0.340. The Labute approximate surface area is 201 Å². The maximum atomic E-state index is 12.5. The minimum atomic E-state index is -0.340. The minimum Gasteiger partial charge on any atom is -0.457 e. The molecule has 0 unspecified atom stereocenters. The predicted octanol–water partition coefficient (Wildman–Crippen LogP) is 5.73. The van der Waals surface area contributed by atoms with Gasteiger partial charge in [-0.25, -0.2) is 0 Å². The number of benzene rings is 4. The molecule has 0 aliphatic rings. The standard InChI is InChI=1S/C28H18N4O3/c29-17-21-5-1-3-7-25(21)31-27(33)19-9-13-23(14-10-19)35-24-15-11-20(12-16-24)28(34)32-26-8-4-2-6-22(26)18-30/h1-16H,(H,31,33)(H,32,34). The number of nitriles is 2. The molecule has 2 amide bonds. The van der Waals surface area contributed by atoms with Crippen LogP contribution in [0, 0.1) is 22.7 Å². The molecule has 7 heteroatoms. The van der Waals surface area contributed by atoms with E-state index < -0.39 is 0 Å². The fraction of sp³-hybridized carbons (Fsp3) is 0. The van der Waals surface area contributed by atoms with E-state index in [4.69, 9.17) is 15.3 Å². The summed E-state index contributed by atoms with van der Waals surface area (Å²) in [6, 6.07) is 30.7. The summed E-state index contributed by atoms with van der Waals surface area (Å²) in [4.78, 5) is 25.0. The number of rotatable bonds is 6. The van der Waals surface area contributed by atoms with Crippen molar-refractivity contribution >= 4 is 23.2 Å². The van der Waals surface area contributed by atoms with Crippen molar-refractivity contribution in [2.24, 2.45) is 0 Å². The summed E-state index contributed by atoms with van der Waals surface area (Å²) >= 11 is 0. The van der Waals surface area contributed by atoms with Gasteiger partial charge in [-0.05, 0) is 72.8 Å². The lowest BCUT2D eigenvalue weighted by Crippen LogP contribution is -2.12. The van der Waals surface area contributed by atoms with Crippen LogP contribution in [0.3, 0.4) is 0 Å². The van der Waals surface area contributed by atoms with Crippen LogP contribution in [-0.4, -0.2) is 11.8 Å². The monoisotopic (exact) mass is 458 g/mol. The molecule has 35 heavy (non-hydrogen) atoms. The topological polar surface area (TPSA) is 115 Å². The Morgan fingerprint density at radius 2 is 0.943 bits per heavy atom. The first kappa shape index (κ1) is 22.8. The Morgan fingerprint density at radius 3 is 1.31 bits per heavy atom. The highest BCUT2D eigenvalue weighted by molar-refractivity contribution is 6.05. The Balaban J connectivity index is 1.38. The zero-order valence-corrected chi connectivity index (χ0v) is 18.4. The third-order valence-electron chi connectivity index (χ3n) is 5.06. The third kappa shape index (κ3) is 5.51. The molecular formula is C28H18N4O3. The first-order valence-corrected chi connectivity index (χ1v) is 10.6. The summed E-state index contributed by atoms with van der Waals surface area (Å²) in [5.41, 5.74) is 2.48. The van der Waals surface area contributed by atoms with Gasteiger partial charge in [0.25, 0.3) is 11.8 Å². The summed E-state index contributed by atoms with van der Waals surface area (Å²) < 4.78 is 5.81. The van der Waals surface area contributed by atoms with E-state index in [1.54, 1.807) is 97.1 Å².